The first-order valence-corrected chi connectivity index (χ1v) is 31.8. The number of hydrogen-bond donors (Lipinski definition) is 0. The van der Waals surface area contributed by atoms with E-state index < -0.39 is 6.10 Å². The Kier molecular flexibility index (Phi) is 58.6. The normalized spacial score (nSPS) is 12.1. The Hall–Kier alpha value is -2.11. The molecular weight excluding hydrogens is 877 g/mol. The molecule has 0 N–H and O–H groups in total. The summed E-state index contributed by atoms with van der Waals surface area (Å²) in [4.78, 5) is 38.0. The number of allylic oxidation sites excluding steroid dienone is 4. The molecule has 0 radical (unpaired) electrons. The van der Waals surface area contributed by atoms with Crippen molar-refractivity contribution in [2.75, 3.05) is 13.2 Å². The summed E-state index contributed by atoms with van der Waals surface area (Å²) in [5.74, 6) is -0.872. The topological polar surface area (TPSA) is 78.9 Å². The Morgan fingerprint density at radius 2 is 0.535 bits per heavy atom. The quantitative estimate of drug-likeness (QED) is 0.0261. The van der Waals surface area contributed by atoms with Gasteiger partial charge in [-0.1, -0.05) is 315 Å². The van der Waals surface area contributed by atoms with Crippen LogP contribution in [0.25, 0.3) is 0 Å². The van der Waals surface area contributed by atoms with Crippen molar-refractivity contribution in [1.82, 2.24) is 0 Å². The first-order valence-electron chi connectivity index (χ1n) is 31.8. The van der Waals surface area contributed by atoms with E-state index in [0.717, 1.165) is 89.9 Å². The molecule has 6 heteroatoms. The number of esters is 3. The zero-order chi connectivity index (χ0) is 51.4. The molecule has 0 heterocycles. The van der Waals surface area contributed by atoms with Gasteiger partial charge in [0.05, 0.1) is 0 Å². The second-order valence-corrected chi connectivity index (χ2v) is 21.7. The van der Waals surface area contributed by atoms with Crippen LogP contribution in [-0.2, 0) is 28.6 Å². The van der Waals surface area contributed by atoms with Gasteiger partial charge in [0, 0.05) is 19.3 Å². The second kappa shape index (κ2) is 60.4. The maximum absolute atomic E-state index is 12.8. The molecule has 71 heavy (non-hydrogen) atoms. The molecule has 0 rings (SSSR count). The molecule has 0 spiro atoms. The third-order valence-electron chi connectivity index (χ3n) is 14.4. The Labute approximate surface area is 443 Å². The van der Waals surface area contributed by atoms with Gasteiger partial charge < -0.3 is 14.2 Å². The molecule has 0 aliphatic rings. The van der Waals surface area contributed by atoms with Gasteiger partial charge in [-0.05, 0) is 44.9 Å². The van der Waals surface area contributed by atoms with Gasteiger partial charge in [-0.2, -0.15) is 0 Å². The molecule has 0 aromatic rings. The SMILES string of the molecule is CCC/C=C\C/C=C\CCCCCCCC(=O)OC(COC(=O)CCCCCCCCCC)COC(=O)CCCCCCCCCCCCCCCCCCCCCCCCCCCCCCCCCC. The summed E-state index contributed by atoms with van der Waals surface area (Å²) in [7, 11) is 0. The average molecular weight is 1000 g/mol. The number of carbonyl (C=O) groups is 3. The van der Waals surface area contributed by atoms with Crippen LogP contribution < -0.4 is 0 Å². The lowest BCUT2D eigenvalue weighted by atomic mass is 10.0. The Bertz CT molecular complexity index is 1150. The van der Waals surface area contributed by atoms with E-state index in [1.165, 1.54) is 225 Å². The minimum absolute atomic E-state index is 0.0723. The molecule has 0 aromatic heterocycles. The van der Waals surface area contributed by atoms with Gasteiger partial charge in [0.15, 0.2) is 6.10 Å². The van der Waals surface area contributed by atoms with Crippen LogP contribution in [0.1, 0.15) is 355 Å². The predicted molar refractivity (Wildman–Crippen MR) is 307 cm³/mol. The van der Waals surface area contributed by atoms with Crippen LogP contribution in [0.4, 0.5) is 0 Å². The fourth-order valence-corrected chi connectivity index (χ4v) is 9.66. The first kappa shape index (κ1) is 68.9. The first-order chi connectivity index (χ1) is 35.0. The van der Waals surface area contributed by atoms with Gasteiger partial charge in [0.1, 0.15) is 13.2 Å². The summed E-state index contributed by atoms with van der Waals surface area (Å²) in [5.41, 5.74) is 0. The van der Waals surface area contributed by atoms with Crippen LogP contribution >= 0.6 is 0 Å². The van der Waals surface area contributed by atoms with Gasteiger partial charge in [0.25, 0.3) is 0 Å². The van der Waals surface area contributed by atoms with Crippen LogP contribution in [0.3, 0.4) is 0 Å². The van der Waals surface area contributed by atoms with Crippen molar-refractivity contribution in [3.8, 4) is 0 Å². The number of unbranched alkanes of at least 4 members (excludes halogenated alkanes) is 44. The van der Waals surface area contributed by atoms with Gasteiger partial charge in [-0.3, -0.25) is 14.4 Å². The number of ether oxygens (including phenoxy) is 3. The molecule has 6 nitrogen and oxygen atoms in total. The second-order valence-electron chi connectivity index (χ2n) is 21.7. The average Bonchev–Trinajstić information content (AvgIpc) is 3.37. The van der Waals surface area contributed by atoms with Crippen molar-refractivity contribution in [3.05, 3.63) is 24.3 Å². The van der Waals surface area contributed by atoms with Crippen molar-refractivity contribution in [3.63, 3.8) is 0 Å². The van der Waals surface area contributed by atoms with E-state index in [4.69, 9.17) is 14.2 Å². The smallest absolute Gasteiger partial charge is 0.306 e. The molecule has 0 bridgehead atoms. The van der Waals surface area contributed by atoms with Crippen molar-refractivity contribution in [2.45, 2.75) is 361 Å². The Balaban J connectivity index is 3.94. The van der Waals surface area contributed by atoms with Crippen LogP contribution in [0.15, 0.2) is 24.3 Å². The molecule has 0 aliphatic carbocycles. The Morgan fingerprint density at radius 3 is 0.831 bits per heavy atom. The summed E-state index contributed by atoms with van der Waals surface area (Å²) in [6.07, 6.45) is 72.3. The fraction of sp³-hybridized carbons (Fsp3) is 0.892. The van der Waals surface area contributed by atoms with Crippen molar-refractivity contribution < 1.29 is 28.6 Å². The lowest BCUT2D eigenvalue weighted by Crippen LogP contribution is -2.30. The molecule has 418 valence electrons. The van der Waals surface area contributed by atoms with E-state index >= 15 is 0 Å². The minimum atomic E-state index is -0.772. The largest absolute Gasteiger partial charge is 0.462 e. The maximum atomic E-state index is 12.8. The predicted octanol–water partition coefficient (Wildman–Crippen LogP) is 21.4. The highest BCUT2D eigenvalue weighted by Crippen LogP contribution is 2.18. The fourth-order valence-electron chi connectivity index (χ4n) is 9.66. The Morgan fingerprint density at radius 1 is 0.282 bits per heavy atom. The molecule has 0 fully saturated rings. The molecular formula is C65H122O6. The number of carbonyl (C=O) groups excluding carboxylic acids is 3. The van der Waals surface area contributed by atoms with Crippen LogP contribution in [-0.4, -0.2) is 37.2 Å². The van der Waals surface area contributed by atoms with E-state index in [-0.39, 0.29) is 31.1 Å². The zero-order valence-electron chi connectivity index (χ0n) is 48.0. The number of hydrogen-bond acceptors (Lipinski definition) is 6. The molecule has 1 atom stereocenters. The third kappa shape index (κ3) is 58.7. The van der Waals surface area contributed by atoms with E-state index in [9.17, 15) is 14.4 Å². The summed E-state index contributed by atoms with van der Waals surface area (Å²) < 4.78 is 16.8. The molecule has 0 saturated carbocycles. The molecule has 0 aliphatic heterocycles. The molecule has 1 unspecified atom stereocenters. The summed E-state index contributed by atoms with van der Waals surface area (Å²) >= 11 is 0. The highest BCUT2D eigenvalue weighted by atomic mass is 16.6. The highest BCUT2D eigenvalue weighted by Gasteiger charge is 2.19. The van der Waals surface area contributed by atoms with Crippen molar-refractivity contribution >= 4 is 17.9 Å². The van der Waals surface area contributed by atoms with Crippen molar-refractivity contribution in [1.29, 1.82) is 0 Å². The van der Waals surface area contributed by atoms with E-state index in [1.807, 2.05) is 0 Å². The lowest BCUT2D eigenvalue weighted by molar-refractivity contribution is -0.167. The monoisotopic (exact) mass is 999 g/mol. The van der Waals surface area contributed by atoms with Crippen LogP contribution in [0.5, 0.6) is 0 Å². The standard InChI is InChI=1S/C65H122O6/c1-4-7-10-13-16-19-21-23-24-25-26-27-28-29-30-31-32-33-34-35-36-37-38-39-40-41-43-44-46-49-52-55-58-64(67)70-61-62(60-69-63(66)57-54-51-48-18-15-12-9-6-3)71-65(68)59-56-53-50-47-45-42-22-20-17-14-11-8-5-2/h11,14,20,22,62H,4-10,12-13,15-19,21,23-61H2,1-3H3/b14-11-,22-20-. The summed E-state index contributed by atoms with van der Waals surface area (Å²) in [6, 6.07) is 0. The number of rotatable bonds is 59. The minimum Gasteiger partial charge on any atom is -0.462 e. The molecule has 0 aromatic carbocycles. The van der Waals surface area contributed by atoms with Crippen LogP contribution in [0, 0.1) is 0 Å². The van der Waals surface area contributed by atoms with Gasteiger partial charge in [-0.25, -0.2) is 0 Å². The zero-order valence-corrected chi connectivity index (χ0v) is 48.0. The summed E-state index contributed by atoms with van der Waals surface area (Å²) in [6.45, 7) is 6.58. The maximum Gasteiger partial charge on any atom is 0.306 e. The van der Waals surface area contributed by atoms with Gasteiger partial charge in [0.2, 0.25) is 0 Å². The van der Waals surface area contributed by atoms with Gasteiger partial charge in [-0.15, -0.1) is 0 Å². The van der Waals surface area contributed by atoms with Crippen molar-refractivity contribution in [2.24, 2.45) is 0 Å². The molecule has 0 amide bonds. The highest BCUT2D eigenvalue weighted by molar-refractivity contribution is 5.71. The third-order valence-corrected chi connectivity index (χ3v) is 14.4. The van der Waals surface area contributed by atoms with E-state index in [1.54, 1.807) is 0 Å². The van der Waals surface area contributed by atoms with E-state index in [0.29, 0.717) is 19.3 Å². The molecule has 0 saturated heterocycles. The summed E-state index contributed by atoms with van der Waals surface area (Å²) in [5, 5.41) is 0. The van der Waals surface area contributed by atoms with Crippen LogP contribution in [0.2, 0.25) is 0 Å². The van der Waals surface area contributed by atoms with E-state index in [2.05, 4.69) is 45.1 Å². The van der Waals surface area contributed by atoms with Gasteiger partial charge >= 0.3 is 17.9 Å². The lowest BCUT2D eigenvalue weighted by Gasteiger charge is -2.18.